The van der Waals surface area contributed by atoms with Crippen molar-refractivity contribution in [3.8, 4) is 22.8 Å². The predicted octanol–water partition coefficient (Wildman–Crippen LogP) is 5.62. The second-order valence-electron chi connectivity index (χ2n) is 6.74. The number of benzene rings is 2. The van der Waals surface area contributed by atoms with Crippen LogP contribution in [0, 0.1) is 13.8 Å². The van der Waals surface area contributed by atoms with Gasteiger partial charge < -0.3 is 14.8 Å². The zero-order valence-corrected chi connectivity index (χ0v) is 17.8. The van der Waals surface area contributed by atoms with Crippen LogP contribution in [0.1, 0.15) is 30.9 Å². The molecular weight excluding hydrogens is 384 g/mol. The number of hydrogen-bond donors (Lipinski definition) is 1. The molecule has 0 aliphatic rings. The van der Waals surface area contributed by atoms with Crippen LogP contribution in [-0.4, -0.2) is 24.1 Å². The van der Waals surface area contributed by atoms with E-state index < -0.39 is 0 Å². The SMILES string of the molecule is CCOc1ccc(OCCCC(=O)Nc2nc(-c3ccc(C)c(C)c3)cs2)cc1. The standard InChI is InChI=1S/C23H26N2O3S/c1-4-27-19-9-11-20(12-10-19)28-13-5-6-22(26)25-23-24-21(15-29-23)18-8-7-16(2)17(3)14-18/h7-12,14-15H,4-6,13H2,1-3H3,(H,24,25,26). The number of hydrogen-bond acceptors (Lipinski definition) is 5. The highest BCUT2D eigenvalue weighted by atomic mass is 32.1. The quantitative estimate of drug-likeness (QED) is 0.465. The minimum absolute atomic E-state index is 0.0544. The molecule has 0 saturated heterocycles. The molecule has 0 atom stereocenters. The van der Waals surface area contributed by atoms with Crippen molar-refractivity contribution in [2.45, 2.75) is 33.6 Å². The Labute approximate surface area is 175 Å². The Morgan fingerprint density at radius 3 is 2.45 bits per heavy atom. The first-order valence-electron chi connectivity index (χ1n) is 9.74. The third-order valence-corrected chi connectivity index (χ3v) is 5.26. The van der Waals surface area contributed by atoms with E-state index >= 15 is 0 Å². The summed E-state index contributed by atoms with van der Waals surface area (Å²) in [6, 6.07) is 13.8. The fourth-order valence-electron chi connectivity index (χ4n) is 2.77. The Hall–Kier alpha value is -2.86. The van der Waals surface area contributed by atoms with Gasteiger partial charge in [0.05, 0.1) is 18.9 Å². The molecule has 29 heavy (non-hydrogen) atoms. The third kappa shape index (κ3) is 6.06. The molecule has 0 radical (unpaired) electrons. The van der Waals surface area contributed by atoms with Gasteiger partial charge in [0.15, 0.2) is 5.13 Å². The van der Waals surface area contributed by atoms with Gasteiger partial charge in [-0.2, -0.15) is 0 Å². The van der Waals surface area contributed by atoms with Gasteiger partial charge in [-0.3, -0.25) is 4.79 Å². The van der Waals surface area contributed by atoms with Gasteiger partial charge in [-0.1, -0.05) is 12.1 Å². The molecule has 0 saturated carbocycles. The summed E-state index contributed by atoms with van der Waals surface area (Å²) in [5, 5.41) is 5.46. The summed E-state index contributed by atoms with van der Waals surface area (Å²) < 4.78 is 11.1. The van der Waals surface area contributed by atoms with E-state index in [1.165, 1.54) is 22.5 Å². The molecule has 0 aliphatic carbocycles. The number of aryl methyl sites for hydroxylation is 2. The van der Waals surface area contributed by atoms with Gasteiger partial charge in [-0.05, 0) is 68.7 Å². The highest BCUT2D eigenvalue weighted by Gasteiger charge is 2.09. The molecule has 2 aromatic carbocycles. The number of nitrogens with one attached hydrogen (secondary N) is 1. The second kappa shape index (κ2) is 10.1. The lowest BCUT2D eigenvalue weighted by Crippen LogP contribution is -2.12. The summed E-state index contributed by atoms with van der Waals surface area (Å²) in [7, 11) is 0. The number of ether oxygens (including phenoxy) is 2. The monoisotopic (exact) mass is 410 g/mol. The summed E-state index contributed by atoms with van der Waals surface area (Å²) in [6.45, 7) is 7.24. The Bertz CT molecular complexity index is 951. The van der Waals surface area contributed by atoms with Crippen LogP contribution in [0.25, 0.3) is 11.3 Å². The molecule has 3 aromatic rings. The Morgan fingerprint density at radius 2 is 1.76 bits per heavy atom. The van der Waals surface area contributed by atoms with Crippen molar-refractivity contribution in [1.82, 2.24) is 4.98 Å². The molecule has 152 valence electrons. The molecule has 0 unspecified atom stereocenters. The molecule has 1 aromatic heterocycles. The molecule has 1 heterocycles. The average molecular weight is 411 g/mol. The van der Waals surface area contributed by atoms with Crippen LogP contribution in [0.4, 0.5) is 5.13 Å². The molecular formula is C23H26N2O3S. The maximum absolute atomic E-state index is 12.2. The average Bonchev–Trinajstić information content (AvgIpc) is 3.17. The first-order chi connectivity index (χ1) is 14.0. The number of anilines is 1. The van der Waals surface area contributed by atoms with E-state index in [1.807, 2.05) is 36.6 Å². The summed E-state index contributed by atoms with van der Waals surface area (Å²) in [5.41, 5.74) is 4.43. The molecule has 1 N–H and O–H groups in total. The van der Waals surface area contributed by atoms with Gasteiger partial charge >= 0.3 is 0 Å². The minimum Gasteiger partial charge on any atom is -0.494 e. The van der Waals surface area contributed by atoms with Crippen LogP contribution in [0.15, 0.2) is 47.8 Å². The lowest BCUT2D eigenvalue weighted by Gasteiger charge is -2.07. The molecule has 0 fully saturated rings. The summed E-state index contributed by atoms with van der Waals surface area (Å²) in [6.07, 6.45) is 1.02. The van der Waals surface area contributed by atoms with Crippen LogP contribution >= 0.6 is 11.3 Å². The normalized spacial score (nSPS) is 10.6. The highest BCUT2D eigenvalue weighted by Crippen LogP contribution is 2.26. The van der Waals surface area contributed by atoms with Crippen LogP contribution in [0.3, 0.4) is 0 Å². The van der Waals surface area contributed by atoms with E-state index in [4.69, 9.17) is 9.47 Å². The van der Waals surface area contributed by atoms with Crippen molar-refractivity contribution in [2.75, 3.05) is 18.5 Å². The number of rotatable bonds is 9. The number of nitrogens with zero attached hydrogens (tertiary/aromatic N) is 1. The number of carbonyl (C=O) groups excluding carboxylic acids is 1. The molecule has 0 aliphatic heterocycles. The van der Waals surface area contributed by atoms with E-state index in [2.05, 4.69) is 42.3 Å². The fourth-order valence-corrected chi connectivity index (χ4v) is 3.50. The molecule has 0 bridgehead atoms. The largest absolute Gasteiger partial charge is 0.494 e. The minimum atomic E-state index is -0.0544. The summed E-state index contributed by atoms with van der Waals surface area (Å²) in [5.74, 6) is 1.54. The van der Waals surface area contributed by atoms with E-state index in [0.717, 1.165) is 22.8 Å². The van der Waals surface area contributed by atoms with Crippen LogP contribution in [-0.2, 0) is 4.79 Å². The number of amides is 1. The molecule has 6 heteroatoms. The number of carbonyl (C=O) groups is 1. The predicted molar refractivity (Wildman–Crippen MR) is 118 cm³/mol. The number of thiazole rings is 1. The van der Waals surface area contributed by atoms with Crippen LogP contribution in [0.5, 0.6) is 11.5 Å². The molecule has 5 nitrogen and oxygen atoms in total. The highest BCUT2D eigenvalue weighted by molar-refractivity contribution is 7.14. The van der Waals surface area contributed by atoms with Gasteiger partial charge in [0, 0.05) is 17.4 Å². The van der Waals surface area contributed by atoms with Crippen molar-refractivity contribution in [2.24, 2.45) is 0 Å². The van der Waals surface area contributed by atoms with E-state index in [0.29, 0.717) is 31.2 Å². The van der Waals surface area contributed by atoms with Crippen LogP contribution < -0.4 is 14.8 Å². The topological polar surface area (TPSA) is 60.5 Å². The molecule has 3 rings (SSSR count). The summed E-state index contributed by atoms with van der Waals surface area (Å²) >= 11 is 1.44. The Kier molecular flexibility index (Phi) is 7.25. The van der Waals surface area contributed by atoms with Crippen molar-refractivity contribution < 1.29 is 14.3 Å². The van der Waals surface area contributed by atoms with Gasteiger partial charge in [0.1, 0.15) is 11.5 Å². The van der Waals surface area contributed by atoms with E-state index in [-0.39, 0.29) is 5.91 Å². The van der Waals surface area contributed by atoms with Gasteiger partial charge in [0.25, 0.3) is 0 Å². The molecule has 0 spiro atoms. The van der Waals surface area contributed by atoms with Crippen molar-refractivity contribution in [3.63, 3.8) is 0 Å². The van der Waals surface area contributed by atoms with Crippen molar-refractivity contribution in [1.29, 1.82) is 0 Å². The third-order valence-electron chi connectivity index (χ3n) is 4.50. The number of aromatic nitrogens is 1. The van der Waals surface area contributed by atoms with Crippen molar-refractivity contribution in [3.05, 3.63) is 59.0 Å². The lowest BCUT2D eigenvalue weighted by atomic mass is 10.1. The lowest BCUT2D eigenvalue weighted by molar-refractivity contribution is -0.116. The molecule has 1 amide bonds. The zero-order valence-electron chi connectivity index (χ0n) is 17.0. The Morgan fingerprint density at radius 1 is 1.03 bits per heavy atom. The fraction of sp³-hybridized carbons (Fsp3) is 0.304. The Balaban J connectivity index is 1.43. The van der Waals surface area contributed by atoms with Crippen molar-refractivity contribution >= 4 is 22.4 Å². The first kappa shape index (κ1) is 20.9. The maximum atomic E-state index is 12.2. The zero-order chi connectivity index (χ0) is 20.6. The van der Waals surface area contributed by atoms with Gasteiger partial charge in [-0.15, -0.1) is 11.3 Å². The van der Waals surface area contributed by atoms with E-state index in [9.17, 15) is 4.79 Å². The second-order valence-corrected chi connectivity index (χ2v) is 7.60. The maximum Gasteiger partial charge on any atom is 0.226 e. The smallest absolute Gasteiger partial charge is 0.226 e. The van der Waals surface area contributed by atoms with Crippen LogP contribution in [0.2, 0.25) is 0 Å². The first-order valence-corrected chi connectivity index (χ1v) is 10.6. The van der Waals surface area contributed by atoms with E-state index in [1.54, 1.807) is 0 Å². The van der Waals surface area contributed by atoms with Gasteiger partial charge in [-0.25, -0.2) is 4.98 Å². The summed E-state index contributed by atoms with van der Waals surface area (Å²) in [4.78, 5) is 16.7. The van der Waals surface area contributed by atoms with Gasteiger partial charge in [0.2, 0.25) is 5.91 Å².